The number of hydrogen-bond acceptors (Lipinski definition) is 2. The fourth-order valence-corrected chi connectivity index (χ4v) is 3.98. The van der Waals surface area contributed by atoms with Crippen LogP contribution in [-0.2, 0) is 13.0 Å². The number of benzene rings is 3. The predicted molar refractivity (Wildman–Crippen MR) is 111 cm³/mol. The first kappa shape index (κ1) is 17.5. The van der Waals surface area contributed by atoms with Crippen LogP contribution >= 0.6 is 12.4 Å². The molecule has 0 spiro atoms. The van der Waals surface area contributed by atoms with Crippen LogP contribution in [0.2, 0.25) is 0 Å². The average molecular weight is 375 g/mol. The molecule has 0 aliphatic carbocycles. The topological polar surface area (TPSA) is 34.9 Å². The highest BCUT2D eigenvalue weighted by Gasteiger charge is 2.28. The van der Waals surface area contributed by atoms with Crippen LogP contribution in [0.5, 0.6) is 0 Å². The number of aromatic nitrogens is 2. The molecular formula is C23H19ClN2O. The van der Waals surface area contributed by atoms with E-state index in [-0.39, 0.29) is 23.9 Å². The molecule has 1 atom stereocenters. The van der Waals surface area contributed by atoms with E-state index in [1.807, 2.05) is 41.0 Å². The molecule has 1 aliphatic rings. The van der Waals surface area contributed by atoms with Gasteiger partial charge >= 0.3 is 0 Å². The molecule has 0 N–H and O–H groups in total. The molecule has 1 aromatic heterocycles. The van der Waals surface area contributed by atoms with Crippen molar-refractivity contribution < 1.29 is 0 Å². The minimum absolute atomic E-state index is 0. The van der Waals surface area contributed by atoms with Gasteiger partial charge in [0.1, 0.15) is 5.82 Å². The lowest BCUT2D eigenvalue weighted by Gasteiger charge is -2.29. The minimum atomic E-state index is 0. The molecule has 3 nitrogen and oxygen atoms in total. The summed E-state index contributed by atoms with van der Waals surface area (Å²) in [6.45, 7) is 0.591. The summed E-state index contributed by atoms with van der Waals surface area (Å²) in [6.07, 6.45) is 0.836. The zero-order valence-electron chi connectivity index (χ0n) is 14.7. The van der Waals surface area contributed by atoms with Crippen LogP contribution in [0.3, 0.4) is 0 Å². The monoisotopic (exact) mass is 374 g/mol. The Hall–Kier alpha value is -2.91. The summed E-state index contributed by atoms with van der Waals surface area (Å²) in [5.74, 6) is 0.955. The Balaban J connectivity index is 0.00000180. The van der Waals surface area contributed by atoms with Gasteiger partial charge in [-0.2, -0.15) is 0 Å². The highest BCUT2D eigenvalue weighted by molar-refractivity contribution is 5.85. The SMILES string of the molecule is Cl.O=c1c2ccccc2nc2n1Cc1ccccc1C2Cc1ccccc1. The quantitative estimate of drug-likeness (QED) is 0.515. The van der Waals surface area contributed by atoms with Crippen LogP contribution in [0.1, 0.15) is 28.4 Å². The zero-order valence-corrected chi connectivity index (χ0v) is 15.5. The second-order valence-corrected chi connectivity index (χ2v) is 6.82. The van der Waals surface area contributed by atoms with E-state index in [1.165, 1.54) is 16.7 Å². The summed E-state index contributed by atoms with van der Waals surface area (Å²) in [4.78, 5) is 18.0. The van der Waals surface area contributed by atoms with Crippen LogP contribution in [0.15, 0.2) is 83.7 Å². The summed E-state index contributed by atoms with van der Waals surface area (Å²) in [6, 6.07) is 26.5. The average Bonchev–Trinajstić information content (AvgIpc) is 2.70. The molecule has 0 saturated heterocycles. The second kappa shape index (κ2) is 7.01. The minimum Gasteiger partial charge on any atom is -0.291 e. The van der Waals surface area contributed by atoms with Crippen molar-refractivity contribution in [3.05, 3.63) is 112 Å². The Kier molecular flexibility index (Phi) is 4.54. The first-order chi connectivity index (χ1) is 12.8. The normalized spacial score (nSPS) is 14.9. The van der Waals surface area contributed by atoms with Gasteiger partial charge in [0.2, 0.25) is 0 Å². The highest BCUT2D eigenvalue weighted by atomic mass is 35.5. The number of rotatable bonds is 2. The maximum absolute atomic E-state index is 13.1. The molecule has 3 aromatic carbocycles. The molecule has 0 amide bonds. The van der Waals surface area contributed by atoms with E-state index >= 15 is 0 Å². The smallest absolute Gasteiger partial charge is 0.261 e. The third kappa shape index (κ3) is 2.94. The van der Waals surface area contributed by atoms with Gasteiger partial charge in [-0.3, -0.25) is 9.36 Å². The van der Waals surface area contributed by atoms with Gasteiger partial charge in [-0.1, -0.05) is 66.7 Å². The predicted octanol–water partition coefficient (Wildman–Crippen LogP) is 4.55. The first-order valence-corrected chi connectivity index (χ1v) is 8.92. The summed E-state index contributed by atoms with van der Waals surface area (Å²) in [7, 11) is 0. The van der Waals surface area contributed by atoms with Gasteiger partial charge in [0.25, 0.3) is 5.56 Å². The molecule has 5 rings (SSSR count). The van der Waals surface area contributed by atoms with Gasteiger partial charge in [0, 0.05) is 5.92 Å². The van der Waals surface area contributed by atoms with Crippen LogP contribution in [0, 0.1) is 0 Å². The molecule has 0 fully saturated rings. The van der Waals surface area contributed by atoms with Gasteiger partial charge in [-0.25, -0.2) is 4.98 Å². The van der Waals surface area contributed by atoms with E-state index in [2.05, 4.69) is 42.5 Å². The van der Waals surface area contributed by atoms with Crippen LogP contribution < -0.4 is 5.56 Å². The molecule has 4 heteroatoms. The highest BCUT2D eigenvalue weighted by Crippen LogP contribution is 2.34. The summed E-state index contributed by atoms with van der Waals surface area (Å²) < 4.78 is 1.86. The van der Waals surface area contributed by atoms with Crippen LogP contribution in [-0.4, -0.2) is 9.55 Å². The first-order valence-electron chi connectivity index (χ1n) is 8.92. The largest absolute Gasteiger partial charge is 0.291 e. The zero-order chi connectivity index (χ0) is 17.5. The van der Waals surface area contributed by atoms with Crippen molar-refractivity contribution >= 4 is 23.3 Å². The van der Waals surface area contributed by atoms with Crippen molar-refractivity contribution in [3.63, 3.8) is 0 Å². The number of halogens is 1. The van der Waals surface area contributed by atoms with Crippen LogP contribution in [0.25, 0.3) is 10.9 Å². The maximum Gasteiger partial charge on any atom is 0.261 e. The van der Waals surface area contributed by atoms with Gasteiger partial charge in [0.05, 0.1) is 17.4 Å². The number of nitrogens with zero attached hydrogens (tertiary/aromatic N) is 2. The van der Waals surface area contributed by atoms with E-state index in [9.17, 15) is 4.79 Å². The molecule has 1 unspecified atom stereocenters. The second-order valence-electron chi connectivity index (χ2n) is 6.82. The molecule has 1 aliphatic heterocycles. The molecule has 134 valence electrons. The molecule has 2 heterocycles. The standard InChI is InChI=1S/C23H18N2O.ClH/c26-23-19-12-6-7-13-21(19)24-22-20(14-16-8-2-1-3-9-16)18-11-5-4-10-17(18)15-25(22)23;/h1-13,20H,14-15H2;1H. The van der Waals surface area contributed by atoms with Gasteiger partial charge in [0.15, 0.2) is 0 Å². The van der Waals surface area contributed by atoms with Crippen LogP contribution in [0.4, 0.5) is 0 Å². The van der Waals surface area contributed by atoms with Gasteiger partial charge in [-0.05, 0) is 35.2 Å². The van der Waals surface area contributed by atoms with Gasteiger partial charge < -0.3 is 0 Å². The van der Waals surface area contributed by atoms with E-state index in [0.717, 1.165) is 17.8 Å². The Morgan fingerprint density at radius 2 is 1.59 bits per heavy atom. The van der Waals surface area contributed by atoms with Crippen molar-refractivity contribution in [3.8, 4) is 0 Å². The van der Waals surface area contributed by atoms with E-state index < -0.39 is 0 Å². The Bertz CT molecular complexity index is 1170. The maximum atomic E-state index is 13.1. The van der Waals surface area contributed by atoms with Crippen molar-refractivity contribution in [2.45, 2.75) is 18.9 Å². The lowest BCUT2D eigenvalue weighted by atomic mass is 9.85. The lowest BCUT2D eigenvalue weighted by Crippen LogP contribution is -2.32. The molecule has 27 heavy (non-hydrogen) atoms. The Labute approximate surface area is 163 Å². The summed E-state index contributed by atoms with van der Waals surface area (Å²) in [5, 5.41) is 0.689. The Morgan fingerprint density at radius 1 is 0.889 bits per heavy atom. The summed E-state index contributed by atoms with van der Waals surface area (Å²) in [5.41, 5.74) is 4.57. The van der Waals surface area contributed by atoms with Crippen molar-refractivity contribution in [2.24, 2.45) is 0 Å². The van der Waals surface area contributed by atoms with Crippen molar-refractivity contribution in [2.75, 3.05) is 0 Å². The number of fused-ring (bicyclic) bond motifs is 3. The molecule has 0 saturated carbocycles. The fraction of sp³-hybridized carbons (Fsp3) is 0.130. The Morgan fingerprint density at radius 3 is 2.44 bits per heavy atom. The number of para-hydroxylation sites is 1. The third-order valence-electron chi connectivity index (χ3n) is 5.24. The lowest BCUT2D eigenvalue weighted by molar-refractivity contribution is 0.583. The molecular weight excluding hydrogens is 356 g/mol. The fourth-order valence-electron chi connectivity index (χ4n) is 3.98. The molecule has 4 aromatic rings. The van der Waals surface area contributed by atoms with Crippen molar-refractivity contribution in [1.82, 2.24) is 9.55 Å². The van der Waals surface area contributed by atoms with E-state index in [0.29, 0.717) is 11.9 Å². The summed E-state index contributed by atoms with van der Waals surface area (Å²) >= 11 is 0. The van der Waals surface area contributed by atoms with E-state index in [4.69, 9.17) is 4.98 Å². The van der Waals surface area contributed by atoms with Crippen molar-refractivity contribution in [1.29, 1.82) is 0 Å². The van der Waals surface area contributed by atoms with E-state index in [1.54, 1.807) is 0 Å². The van der Waals surface area contributed by atoms with Gasteiger partial charge in [-0.15, -0.1) is 12.4 Å². The number of hydrogen-bond donors (Lipinski definition) is 0. The third-order valence-corrected chi connectivity index (χ3v) is 5.24. The molecule has 0 bridgehead atoms. The molecule has 0 radical (unpaired) electrons.